The summed E-state index contributed by atoms with van der Waals surface area (Å²) < 4.78 is 15.5. The van der Waals surface area contributed by atoms with Crippen LogP contribution >= 0.6 is 0 Å². The number of methoxy groups -OCH3 is 2. The molecule has 0 bridgehead atoms. The molecule has 1 N–H and O–H groups in total. The largest absolute Gasteiger partial charge is 0.497 e. The molecule has 0 saturated heterocycles. The fraction of sp³-hybridized carbons (Fsp3) is 0.267. The molecule has 0 unspecified atom stereocenters. The summed E-state index contributed by atoms with van der Waals surface area (Å²) in [4.78, 5) is 11.9. The molecule has 0 atom stereocenters. The Bertz CT molecular complexity index is 563. The fourth-order valence-electron chi connectivity index (χ4n) is 1.83. The molecular weight excluding hydrogens is 258 g/mol. The lowest BCUT2D eigenvalue weighted by Gasteiger charge is -2.10. The lowest BCUT2D eigenvalue weighted by atomic mass is 10.1. The maximum absolute atomic E-state index is 11.9. The average molecular weight is 275 g/mol. The molecule has 1 aromatic carbocycles. The zero-order chi connectivity index (χ0) is 14.4. The van der Waals surface area contributed by atoms with E-state index in [1.54, 1.807) is 38.7 Å². The van der Waals surface area contributed by atoms with Gasteiger partial charge < -0.3 is 19.2 Å². The van der Waals surface area contributed by atoms with Gasteiger partial charge in [-0.15, -0.1) is 0 Å². The lowest BCUT2D eigenvalue weighted by molar-refractivity contribution is -0.120. The number of hydrogen-bond acceptors (Lipinski definition) is 4. The van der Waals surface area contributed by atoms with Crippen molar-refractivity contribution in [1.82, 2.24) is 5.32 Å². The van der Waals surface area contributed by atoms with Gasteiger partial charge in [-0.1, -0.05) is 6.07 Å². The van der Waals surface area contributed by atoms with E-state index in [1.165, 1.54) is 0 Å². The Balaban J connectivity index is 1.96. The van der Waals surface area contributed by atoms with Crippen LogP contribution < -0.4 is 14.8 Å². The highest BCUT2D eigenvalue weighted by Crippen LogP contribution is 2.24. The van der Waals surface area contributed by atoms with Crippen molar-refractivity contribution >= 4 is 5.91 Å². The van der Waals surface area contributed by atoms with Crippen LogP contribution in [0.15, 0.2) is 41.0 Å². The second-order valence-corrected chi connectivity index (χ2v) is 4.21. The van der Waals surface area contributed by atoms with Gasteiger partial charge >= 0.3 is 0 Å². The van der Waals surface area contributed by atoms with Gasteiger partial charge in [0.25, 0.3) is 0 Å². The van der Waals surface area contributed by atoms with E-state index in [9.17, 15) is 4.79 Å². The van der Waals surface area contributed by atoms with Crippen molar-refractivity contribution < 1.29 is 18.7 Å². The van der Waals surface area contributed by atoms with Crippen LogP contribution in [0.2, 0.25) is 0 Å². The van der Waals surface area contributed by atoms with Crippen LogP contribution in [0.4, 0.5) is 0 Å². The molecule has 0 radical (unpaired) electrons. The van der Waals surface area contributed by atoms with E-state index < -0.39 is 0 Å². The van der Waals surface area contributed by atoms with E-state index in [0.717, 1.165) is 11.3 Å². The number of rotatable bonds is 6. The highest BCUT2D eigenvalue weighted by atomic mass is 16.5. The molecule has 1 aromatic heterocycles. The minimum absolute atomic E-state index is 0.0927. The summed E-state index contributed by atoms with van der Waals surface area (Å²) in [6.07, 6.45) is 1.82. The number of benzene rings is 1. The van der Waals surface area contributed by atoms with Crippen LogP contribution in [0.1, 0.15) is 11.3 Å². The Labute approximate surface area is 117 Å². The molecule has 0 saturated carbocycles. The van der Waals surface area contributed by atoms with E-state index in [0.29, 0.717) is 18.0 Å². The molecule has 0 fully saturated rings. The van der Waals surface area contributed by atoms with Crippen molar-refractivity contribution in [2.45, 2.75) is 13.0 Å². The van der Waals surface area contributed by atoms with E-state index in [1.807, 2.05) is 12.1 Å². The van der Waals surface area contributed by atoms with Gasteiger partial charge in [0, 0.05) is 11.6 Å². The van der Waals surface area contributed by atoms with Gasteiger partial charge in [-0.3, -0.25) is 4.79 Å². The quantitative estimate of drug-likeness (QED) is 0.877. The first kappa shape index (κ1) is 14.0. The van der Waals surface area contributed by atoms with Gasteiger partial charge in [-0.25, -0.2) is 0 Å². The Hall–Kier alpha value is -2.43. The standard InChI is InChI=1S/C15H17NO4/c1-18-12-6-5-11(14(9-12)19-2)8-15(17)16-10-13-4-3-7-20-13/h3-7,9H,8,10H2,1-2H3,(H,16,17). The third kappa shape index (κ3) is 3.54. The SMILES string of the molecule is COc1ccc(CC(=O)NCc2ccco2)c(OC)c1. The van der Waals surface area contributed by atoms with E-state index in [2.05, 4.69) is 5.32 Å². The second-order valence-electron chi connectivity index (χ2n) is 4.21. The van der Waals surface area contributed by atoms with Crippen LogP contribution in [-0.2, 0) is 17.8 Å². The molecule has 2 aromatic rings. The first-order chi connectivity index (χ1) is 9.72. The van der Waals surface area contributed by atoms with E-state index in [4.69, 9.17) is 13.9 Å². The predicted molar refractivity (Wildman–Crippen MR) is 73.8 cm³/mol. The molecule has 1 heterocycles. The highest BCUT2D eigenvalue weighted by molar-refractivity contribution is 5.79. The molecule has 1 amide bonds. The minimum Gasteiger partial charge on any atom is -0.497 e. The van der Waals surface area contributed by atoms with E-state index in [-0.39, 0.29) is 12.3 Å². The molecule has 5 heteroatoms. The summed E-state index contributed by atoms with van der Waals surface area (Å²) in [5.74, 6) is 1.96. The smallest absolute Gasteiger partial charge is 0.224 e. The van der Waals surface area contributed by atoms with Gasteiger partial charge in [0.05, 0.1) is 33.4 Å². The molecule has 106 valence electrons. The molecule has 0 aliphatic heterocycles. The van der Waals surface area contributed by atoms with Crippen molar-refractivity contribution in [1.29, 1.82) is 0 Å². The first-order valence-electron chi connectivity index (χ1n) is 6.23. The number of furan rings is 1. The topological polar surface area (TPSA) is 60.7 Å². The Morgan fingerprint density at radius 3 is 2.75 bits per heavy atom. The highest BCUT2D eigenvalue weighted by Gasteiger charge is 2.10. The summed E-state index contributed by atoms with van der Waals surface area (Å²) in [7, 11) is 3.16. The Morgan fingerprint density at radius 1 is 1.25 bits per heavy atom. The number of carbonyl (C=O) groups excluding carboxylic acids is 1. The first-order valence-corrected chi connectivity index (χ1v) is 6.23. The van der Waals surface area contributed by atoms with Crippen LogP contribution in [0.25, 0.3) is 0 Å². The molecule has 0 aliphatic rings. The monoisotopic (exact) mass is 275 g/mol. The summed E-state index contributed by atoms with van der Waals surface area (Å²) >= 11 is 0. The van der Waals surface area contributed by atoms with Crippen LogP contribution in [0.3, 0.4) is 0 Å². The van der Waals surface area contributed by atoms with E-state index >= 15 is 0 Å². The molecule has 0 aliphatic carbocycles. The van der Waals surface area contributed by atoms with Crippen LogP contribution in [-0.4, -0.2) is 20.1 Å². The number of hydrogen-bond donors (Lipinski definition) is 1. The third-order valence-corrected chi connectivity index (χ3v) is 2.89. The maximum Gasteiger partial charge on any atom is 0.224 e. The molecule has 0 spiro atoms. The van der Waals surface area contributed by atoms with Gasteiger partial charge in [-0.05, 0) is 18.2 Å². The average Bonchev–Trinajstić information content (AvgIpc) is 2.99. The summed E-state index contributed by atoms with van der Waals surface area (Å²) in [6, 6.07) is 8.99. The van der Waals surface area contributed by atoms with Crippen molar-refractivity contribution in [3.63, 3.8) is 0 Å². The number of carbonyl (C=O) groups is 1. The Kier molecular flexibility index (Phi) is 4.65. The predicted octanol–water partition coefficient (Wildman–Crippen LogP) is 2.16. The van der Waals surface area contributed by atoms with Crippen molar-refractivity contribution in [2.24, 2.45) is 0 Å². The molecule has 2 rings (SSSR count). The molecule has 20 heavy (non-hydrogen) atoms. The number of ether oxygens (including phenoxy) is 2. The molecular formula is C15H17NO4. The number of nitrogens with one attached hydrogen (secondary N) is 1. The Morgan fingerprint density at radius 2 is 2.10 bits per heavy atom. The summed E-state index contributed by atoms with van der Waals surface area (Å²) in [5.41, 5.74) is 0.810. The number of amides is 1. The lowest BCUT2D eigenvalue weighted by Crippen LogP contribution is -2.24. The second kappa shape index (κ2) is 6.65. The van der Waals surface area contributed by atoms with Gasteiger partial charge in [-0.2, -0.15) is 0 Å². The minimum atomic E-state index is -0.0927. The maximum atomic E-state index is 11.9. The third-order valence-electron chi connectivity index (χ3n) is 2.89. The fourth-order valence-corrected chi connectivity index (χ4v) is 1.83. The zero-order valence-electron chi connectivity index (χ0n) is 11.5. The summed E-state index contributed by atoms with van der Waals surface area (Å²) in [5, 5.41) is 2.79. The zero-order valence-corrected chi connectivity index (χ0v) is 11.5. The van der Waals surface area contributed by atoms with Crippen LogP contribution in [0.5, 0.6) is 11.5 Å². The van der Waals surface area contributed by atoms with Crippen molar-refractivity contribution in [2.75, 3.05) is 14.2 Å². The van der Waals surface area contributed by atoms with Crippen molar-refractivity contribution in [3.05, 3.63) is 47.9 Å². The van der Waals surface area contributed by atoms with Gasteiger partial charge in [0.15, 0.2) is 0 Å². The normalized spacial score (nSPS) is 10.1. The van der Waals surface area contributed by atoms with Gasteiger partial charge in [0.2, 0.25) is 5.91 Å². The van der Waals surface area contributed by atoms with Gasteiger partial charge in [0.1, 0.15) is 17.3 Å². The van der Waals surface area contributed by atoms with Crippen LogP contribution in [0, 0.1) is 0 Å². The summed E-state index contributed by atoms with van der Waals surface area (Å²) in [6.45, 7) is 0.379. The molecule has 5 nitrogen and oxygen atoms in total. The van der Waals surface area contributed by atoms with Crippen molar-refractivity contribution in [3.8, 4) is 11.5 Å².